The van der Waals surface area contributed by atoms with E-state index < -0.39 is 0 Å². The molecule has 0 saturated heterocycles. The third-order valence-corrected chi connectivity index (χ3v) is 5.51. The first-order chi connectivity index (χ1) is 9.51. The third-order valence-electron chi connectivity index (χ3n) is 3.00. The minimum atomic E-state index is -0.244. The van der Waals surface area contributed by atoms with E-state index in [4.69, 9.17) is 11.5 Å². The largest absolute Gasteiger partial charge is 0.383 e. The molecular formula is C13H18N4OS2. The summed E-state index contributed by atoms with van der Waals surface area (Å²) in [5.41, 5.74) is 12.8. The highest BCUT2D eigenvalue weighted by Crippen LogP contribution is 2.40. The molecule has 0 saturated carbocycles. The van der Waals surface area contributed by atoms with Crippen molar-refractivity contribution in [3.63, 3.8) is 0 Å². The van der Waals surface area contributed by atoms with Gasteiger partial charge >= 0.3 is 0 Å². The van der Waals surface area contributed by atoms with Crippen molar-refractivity contribution in [2.75, 3.05) is 5.73 Å². The summed E-state index contributed by atoms with van der Waals surface area (Å²) < 4.78 is 0. The molecule has 2 rings (SSSR count). The maximum atomic E-state index is 11.5. The van der Waals surface area contributed by atoms with Crippen molar-refractivity contribution in [2.24, 2.45) is 5.73 Å². The van der Waals surface area contributed by atoms with Crippen LogP contribution in [0, 0.1) is 6.92 Å². The first-order valence-electron chi connectivity index (χ1n) is 6.34. The van der Waals surface area contributed by atoms with E-state index >= 15 is 0 Å². The van der Waals surface area contributed by atoms with E-state index in [2.05, 4.69) is 35.3 Å². The molecule has 0 aliphatic rings. The predicted octanol–water partition coefficient (Wildman–Crippen LogP) is 2.29. The molecule has 2 unspecified atom stereocenters. The molecule has 2 atom stereocenters. The molecule has 20 heavy (non-hydrogen) atoms. The molecule has 0 aromatic carbocycles. The van der Waals surface area contributed by atoms with E-state index in [1.807, 2.05) is 0 Å². The minimum Gasteiger partial charge on any atom is -0.383 e. The van der Waals surface area contributed by atoms with Crippen LogP contribution in [-0.2, 0) is 0 Å². The first kappa shape index (κ1) is 15.1. The van der Waals surface area contributed by atoms with Crippen LogP contribution in [0.3, 0.4) is 0 Å². The summed E-state index contributed by atoms with van der Waals surface area (Å²) in [7, 11) is 0. The topological polar surface area (TPSA) is 97.8 Å². The van der Waals surface area contributed by atoms with Crippen LogP contribution < -0.4 is 17.0 Å². The van der Waals surface area contributed by atoms with Crippen LogP contribution in [-0.4, -0.2) is 16.0 Å². The number of aromatic amines is 1. The van der Waals surface area contributed by atoms with E-state index in [1.165, 1.54) is 28.3 Å². The Kier molecular flexibility index (Phi) is 4.85. The summed E-state index contributed by atoms with van der Waals surface area (Å²) in [6, 6.07) is 3.34. The molecule has 2 aromatic rings. The Morgan fingerprint density at radius 3 is 2.85 bits per heavy atom. The maximum absolute atomic E-state index is 11.5. The monoisotopic (exact) mass is 310 g/mol. The molecule has 0 aliphatic carbocycles. The van der Waals surface area contributed by atoms with E-state index in [-0.39, 0.29) is 22.7 Å². The van der Waals surface area contributed by atoms with Gasteiger partial charge in [-0.15, -0.1) is 11.3 Å². The summed E-state index contributed by atoms with van der Waals surface area (Å²) in [4.78, 5) is 19.6. The van der Waals surface area contributed by atoms with Gasteiger partial charge in [-0.05, 0) is 30.4 Å². The molecule has 0 spiro atoms. The highest BCUT2D eigenvalue weighted by atomic mass is 32.2. The van der Waals surface area contributed by atoms with Crippen molar-refractivity contribution in [1.29, 1.82) is 0 Å². The van der Waals surface area contributed by atoms with E-state index in [1.54, 1.807) is 11.3 Å². The molecule has 5 nitrogen and oxygen atoms in total. The standard InChI is InChI=1S/C13H18N4OS2/c1-3-8(14)12(11-7(2)4-5-19-11)20-13-16-9(15)6-10(18)17-13/h4-6,8,12H,3,14H2,1-2H3,(H3,15,16,17,18). The fraction of sp³-hybridized carbons (Fsp3) is 0.385. The summed E-state index contributed by atoms with van der Waals surface area (Å²) >= 11 is 3.14. The number of aromatic nitrogens is 2. The Morgan fingerprint density at radius 2 is 2.30 bits per heavy atom. The molecule has 0 radical (unpaired) electrons. The van der Waals surface area contributed by atoms with Gasteiger partial charge in [0.25, 0.3) is 5.56 Å². The first-order valence-corrected chi connectivity index (χ1v) is 8.10. The number of thiophene rings is 1. The zero-order chi connectivity index (χ0) is 14.7. The van der Waals surface area contributed by atoms with Gasteiger partial charge in [0.1, 0.15) is 5.82 Å². The Labute approximate surface area is 125 Å². The number of nitrogens with two attached hydrogens (primary N) is 2. The van der Waals surface area contributed by atoms with Crippen molar-refractivity contribution in [2.45, 2.75) is 36.7 Å². The smallest absolute Gasteiger partial charge is 0.253 e. The van der Waals surface area contributed by atoms with Gasteiger partial charge in [-0.2, -0.15) is 0 Å². The third kappa shape index (κ3) is 3.41. The van der Waals surface area contributed by atoms with Crippen molar-refractivity contribution in [3.05, 3.63) is 38.3 Å². The molecule has 108 valence electrons. The van der Waals surface area contributed by atoms with Crippen LogP contribution in [0.1, 0.15) is 29.0 Å². The second-order valence-electron chi connectivity index (χ2n) is 4.55. The van der Waals surface area contributed by atoms with Crippen molar-refractivity contribution in [3.8, 4) is 0 Å². The number of H-pyrrole nitrogens is 1. The zero-order valence-corrected chi connectivity index (χ0v) is 13.1. The second kappa shape index (κ2) is 6.43. The predicted molar refractivity (Wildman–Crippen MR) is 85.2 cm³/mol. The fourth-order valence-electron chi connectivity index (χ4n) is 1.85. The lowest BCUT2D eigenvalue weighted by molar-refractivity contribution is 0.636. The van der Waals surface area contributed by atoms with Gasteiger partial charge in [-0.3, -0.25) is 4.79 Å². The van der Waals surface area contributed by atoms with Gasteiger partial charge in [-0.25, -0.2) is 4.98 Å². The average Bonchev–Trinajstić information content (AvgIpc) is 2.80. The van der Waals surface area contributed by atoms with Crippen LogP contribution in [0.5, 0.6) is 0 Å². The number of hydrogen-bond donors (Lipinski definition) is 3. The average molecular weight is 310 g/mol. The van der Waals surface area contributed by atoms with Crippen LogP contribution in [0.25, 0.3) is 0 Å². The fourth-order valence-corrected chi connectivity index (χ4v) is 4.37. The van der Waals surface area contributed by atoms with Gasteiger partial charge in [0.15, 0.2) is 5.16 Å². The van der Waals surface area contributed by atoms with Crippen molar-refractivity contribution >= 4 is 28.9 Å². The summed E-state index contributed by atoms with van der Waals surface area (Å²) in [6.07, 6.45) is 0.849. The van der Waals surface area contributed by atoms with E-state index in [0.29, 0.717) is 5.16 Å². The van der Waals surface area contributed by atoms with Crippen LogP contribution in [0.4, 0.5) is 5.82 Å². The molecule has 2 aromatic heterocycles. The quantitative estimate of drug-likeness (QED) is 0.581. The van der Waals surface area contributed by atoms with Gasteiger partial charge in [0.05, 0.1) is 5.25 Å². The summed E-state index contributed by atoms with van der Waals surface area (Å²) in [5.74, 6) is 0.225. The minimum absolute atomic E-state index is 0.0101. The van der Waals surface area contributed by atoms with Crippen LogP contribution in [0.2, 0.25) is 0 Å². The Balaban J connectivity index is 2.33. The Hall–Kier alpha value is -1.31. The summed E-state index contributed by atoms with van der Waals surface area (Å²) in [5, 5.41) is 2.62. The number of thioether (sulfide) groups is 1. The Bertz CT molecular complexity index is 637. The highest BCUT2D eigenvalue weighted by Gasteiger charge is 2.23. The highest BCUT2D eigenvalue weighted by molar-refractivity contribution is 7.99. The molecule has 0 amide bonds. The lowest BCUT2D eigenvalue weighted by atomic mass is 10.1. The van der Waals surface area contributed by atoms with Gasteiger partial charge in [-0.1, -0.05) is 18.7 Å². The zero-order valence-electron chi connectivity index (χ0n) is 11.4. The van der Waals surface area contributed by atoms with Crippen molar-refractivity contribution < 1.29 is 0 Å². The molecule has 0 bridgehead atoms. The molecule has 0 aliphatic heterocycles. The summed E-state index contributed by atoms with van der Waals surface area (Å²) in [6.45, 7) is 4.12. The second-order valence-corrected chi connectivity index (χ2v) is 6.63. The molecule has 7 heteroatoms. The molecule has 0 fully saturated rings. The number of anilines is 1. The lowest BCUT2D eigenvalue weighted by Gasteiger charge is -2.21. The molecule has 2 heterocycles. The van der Waals surface area contributed by atoms with Gasteiger partial charge in [0, 0.05) is 17.0 Å². The normalized spacial score (nSPS) is 14.2. The molecular weight excluding hydrogens is 292 g/mol. The number of nitrogen functional groups attached to an aromatic ring is 1. The van der Waals surface area contributed by atoms with E-state index in [9.17, 15) is 4.79 Å². The lowest BCUT2D eigenvalue weighted by Crippen LogP contribution is -2.26. The molecule has 5 N–H and O–H groups in total. The maximum Gasteiger partial charge on any atom is 0.253 e. The van der Waals surface area contributed by atoms with Gasteiger partial charge in [0.2, 0.25) is 0 Å². The van der Waals surface area contributed by atoms with E-state index in [0.717, 1.165) is 6.42 Å². The number of aryl methyl sites for hydroxylation is 1. The van der Waals surface area contributed by atoms with Crippen LogP contribution >= 0.6 is 23.1 Å². The number of nitrogens with zero attached hydrogens (tertiary/aromatic N) is 1. The number of rotatable bonds is 5. The SMILES string of the molecule is CCC(N)C(Sc1nc(N)cc(=O)[nH]1)c1sccc1C. The van der Waals surface area contributed by atoms with Crippen molar-refractivity contribution in [1.82, 2.24) is 9.97 Å². The Morgan fingerprint density at radius 1 is 1.55 bits per heavy atom. The number of hydrogen-bond acceptors (Lipinski definition) is 6. The van der Waals surface area contributed by atoms with Crippen LogP contribution in [0.15, 0.2) is 27.5 Å². The number of nitrogens with one attached hydrogen (secondary N) is 1. The van der Waals surface area contributed by atoms with Gasteiger partial charge < -0.3 is 16.5 Å².